The van der Waals surface area contributed by atoms with E-state index in [0.29, 0.717) is 0 Å². The summed E-state index contributed by atoms with van der Waals surface area (Å²) in [7, 11) is 3.79. The predicted octanol–water partition coefficient (Wildman–Crippen LogP) is 2.56. The van der Waals surface area contributed by atoms with Crippen LogP contribution in [0, 0.1) is 13.8 Å². The van der Waals surface area contributed by atoms with Crippen molar-refractivity contribution in [2.45, 2.75) is 13.8 Å². The minimum Gasteiger partial charge on any atom is -0.383 e. The maximum absolute atomic E-state index is 11.8. The first kappa shape index (κ1) is 11.5. The van der Waals surface area contributed by atoms with Crippen LogP contribution >= 0.6 is 0 Å². The van der Waals surface area contributed by atoms with Gasteiger partial charge in [0.05, 0.1) is 0 Å². The average Bonchev–Trinajstić information content (AvgIpc) is 2.18. The second-order valence-electron chi connectivity index (χ2n) is 3.96. The van der Waals surface area contributed by atoms with Gasteiger partial charge in [0.1, 0.15) is 0 Å². The largest absolute Gasteiger partial charge is 0.383 e. The van der Waals surface area contributed by atoms with E-state index in [9.17, 15) is 4.79 Å². The summed E-state index contributed by atoms with van der Waals surface area (Å²) in [5, 5.41) is 0. The number of carbonyl (C=O) groups is 1. The van der Waals surface area contributed by atoms with Gasteiger partial charge in [-0.3, -0.25) is 4.79 Å². The van der Waals surface area contributed by atoms with Crippen LogP contribution in [0.3, 0.4) is 0 Å². The molecule has 2 nitrogen and oxygen atoms in total. The highest BCUT2D eigenvalue weighted by atomic mass is 16.1. The van der Waals surface area contributed by atoms with E-state index in [1.807, 2.05) is 51.0 Å². The van der Waals surface area contributed by atoms with Gasteiger partial charge in [0.2, 0.25) is 0 Å². The third-order valence-corrected chi connectivity index (χ3v) is 2.18. The summed E-state index contributed by atoms with van der Waals surface area (Å²) in [5.41, 5.74) is 2.92. The minimum atomic E-state index is 0.0601. The topological polar surface area (TPSA) is 20.3 Å². The fourth-order valence-corrected chi connectivity index (χ4v) is 1.31. The SMILES string of the molecule is Cc1ccc(C)c(C(=O)/C=C\N(C)C)c1. The van der Waals surface area contributed by atoms with Crippen LogP contribution in [0.1, 0.15) is 21.5 Å². The Morgan fingerprint density at radius 3 is 2.53 bits per heavy atom. The molecule has 0 aromatic heterocycles. The molecule has 2 heteroatoms. The highest BCUT2D eigenvalue weighted by molar-refractivity contribution is 6.05. The molecule has 0 fully saturated rings. The van der Waals surface area contributed by atoms with Gasteiger partial charge in [-0.25, -0.2) is 0 Å². The van der Waals surface area contributed by atoms with Crippen LogP contribution in [0.4, 0.5) is 0 Å². The van der Waals surface area contributed by atoms with Gasteiger partial charge in [0.25, 0.3) is 0 Å². The van der Waals surface area contributed by atoms with Gasteiger partial charge in [-0.15, -0.1) is 0 Å². The molecule has 0 atom stereocenters. The molecule has 0 aliphatic heterocycles. The van der Waals surface area contributed by atoms with E-state index in [0.717, 1.165) is 16.7 Å². The molecular formula is C13H17NO. The van der Waals surface area contributed by atoms with E-state index in [4.69, 9.17) is 0 Å². The zero-order valence-electron chi connectivity index (χ0n) is 9.74. The van der Waals surface area contributed by atoms with E-state index >= 15 is 0 Å². The molecule has 1 aromatic rings. The molecule has 0 bridgehead atoms. The van der Waals surface area contributed by atoms with Gasteiger partial charge in [0.15, 0.2) is 5.78 Å². The Kier molecular flexibility index (Phi) is 3.67. The van der Waals surface area contributed by atoms with Crippen molar-refractivity contribution in [3.05, 3.63) is 47.2 Å². The van der Waals surface area contributed by atoms with Gasteiger partial charge in [-0.05, 0) is 25.5 Å². The molecule has 0 aliphatic rings. The second-order valence-corrected chi connectivity index (χ2v) is 3.96. The minimum absolute atomic E-state index is 0.0601. The van der Waals surface area contributed by atoms with E-state index in [1.165, 1.54) is 0 Å². The zero-order chi connectivity index (χ0) is 11.4. The molecule has 80 valence electrons. The van der Waals surface area contributed by atoms with Crippen LogP contribution in [0.2, 0.25) is 0 Å². The number of carbonyl (C=O) groups excluding carboxylic acids is 1. The van der Waals surface area contributed by atoms with Crippen molar-refractivity contribution in [2.24, 2.45) is 0 Å². The first-order chi connectivity index (χ1) is 7.00. The first-order valence-corrected chi connectivity index (χ1v) is 4.97. The molecule has 15 heavy (non-hydrogen) atoms. The smallest absolute Gasteiger partial charge is 0.187 e. The van der Waals surface area contributed by atoms with E-state index < -0.39 is 0 Å². The molecule has 0 saturated carbocycles. The van der Waals surface area contributed by atoms with Crippen LogP contribution in [0.15, 0.2) is 30.5 Å². The van der Waals surface area contributed by atoms with Crippen molar-refractivity contribution in [1.82, 2.24) is 4.90 Å². The number of allylic oxidation sites excluding steroid dienone is 1. The number of nitrogens with zero attached hydrogens (tertiary/aromatic N) is 1. The highest BCUT2D eigenvalue weighted by Crippen LogP contribution is 2.11. The second kappa shape index (κ2) is 4.78. The van der Waals surface area contributed by atoms with Crippen molar-refractivity contribution >= 4 is 5.78 Å². The fraction of sp³-hybridized carbons (Fsp3) is 0.308. The summed E-state index contributed by atoms with van der Waals surface area (Å²) < 4.78 is 0. The standard InChI is InChI=1S/C13H17NO/c1-10-5-6-11(2)12(9-10)13(15)7-8-14(3)4/h5-9H,1-4H3/b8-7-. The number of aryl methyl sites for hydroxylation is 2. The summed E-state index contributed by atoms with van der Waals surface area (Å²) >= 11 is 0. The Morgan fingerprint density at radius 2 is 1.93 bits per heavy atom. The number of rotatable bonds is 3. The van der Waals surface area contributed by atoms with Crippen LogP contribution < -0.4 is 0 Å². The lowest BCUT2D eigenvalue weighted by molar-refractivity contribution is 0.104. The van der Waals surface area contributed by atoms with Crippen molar-refractivity contribution in [3.8, 4) is 0 Å². The molecule has 0 aliphatic carbocycles. The number of ketones is 1. The number of benzene rings is 1. The fourth-order valence-electron chi connectivity index (χ4n) is 1.31. The number of hydrogen-bond donors (Lipinski definition) is 0. The monoisotopic (exact) mass is 203 g/mol. The molecule has 0 saturated heterocycles. The van der Waals surface area contributed by atoms with Gasteiger partial charge < -0.3 is 4.90 Å². The van der Waals surface area contributed by atoms with Crippen molar-refractivity contribution in [2.75, 3.05) is 14.1 Å². The normalized spacial score (nSPS) is 10.7. The quantitative estimate of drug-likeness (QED) is 0.556. The van der Waals surface area contributed by atoms with Gasteiger partial charge >= 0.3 is 0 Å². The van der Waals surface area contributed by atoms with Crippen molar-refractivity contribution < 1.29 is 4.79 Å². The summed E-state index contributed by atoms with van der Waals surface area (Å²) in [6.45, 7) is 3.95. The Morgan fingerprint density at radius 1 is 1.27 bits per heavy atom. The Hall–Kier alpha value is -1.57. The highest BCUT2D eigenvalue weighted by Gasteiger charge is 2.05. The predicted molar refractivity (Wildman–Crippen MR) is 63.1 cm³/mol. The maximum Gasteiger partial charge on any atom is 0.187 e. The van der Waals surface area contributed by atoms with E-state index in [2.05, 4.69) is 0 Å². The van der Waals surface area contributed by atoms with Gasteiger partial charge in [-0.2, -0.15) is 0 Å². The van der Waals surface area contributed by atoms with Crippen LogP contribution in [0.5, 0.6) is 0 Å². The first-order valence-electron chi connectivity index (χ1n) is 4.97. The number of hydrogen-bond acceptors (Lipinski definition) is 2. The summed E-state index contributed by atoms with van der Waals surface area (Å²) in [4.78, 5) is 13.7. The van der Waals surface area contributed by atoms with Crippen molar-refractivity contribution in [3.63, 3.8) is 0 Å². The lowest BCUT2D eigenvalue weighted by Crippen LogP contribution is -2.04. The molecular weight excluding hydrogens is 186 g/mol. The van der Waals surface area contributed by atoms with Crippen LogP contribution in [-0.2, 0) is 0 Å². The molecule has 0 unspecified atom stereocenters. The molecule has 0 heterocycles. The average molecular weight is 203 g/mol. The molecule has 0 radical (unpaired) electrons. The molecule has 0 N–H and O–H groups in total. The Bertz CT molecular complexity index is 392. The summed E-state index contributed by atoms with van der Waals surface area (Å²) in [6.07, 6.45) is 3.37. The van der Waals surface area contributed by atoms with E-state index in [-0.39, 0.29) is 5.78 Å². The lowest BCUT2D eigenvalue weighted by Gasteiger charge is -2.05. The Balaban J connectivity index is 2.96. The summed E-state index contributed by atoms with van der Waals surface area (Å²) in [5.74, 6) is 0.0601. The van der Waals surface area contributed by atoms with Crippen LogP contribution in [0.25, 0.3) is 0 Å². The zero-order valence-corrected chi connectivity index (χ0v) is 9.74. The van der Waals surface area contributed by atoms with Gasteiger partial charge in [0, 0.05) is 31.9 Å². The molecule has 1 rings (SSSR count). The lowest BCUT2D eigenvalue weighted by atomic mass is 10.0. The van der Waals surface area contributed by atoms with Gasteiger partial charge in [-0.1, -0.05) is 17.7 Å². The molecule has 0 amide bonds. The third-order valence-electron chi connectivity index (χ3n) is 2.18. The molecule has 0 spiro atoms. The third kappa shape index (κ3) is 3.24. The maximum atomic E-state index is 11.8. The van der Waals surface area contributed by atoms with Crippen molar-refractivity contribution in [1.29, 1.82) is 0 Å². The Labute approximate surface area is 91.2 Å². The summed E-state index contributed by atoms with van der Waals surface area (Å²) in [6, 6.07) is 5.92. The van der Waals surface area contributed by atoms with Crippen LogP contribution in [-0.4, -0.2) is 24.8 Å². The van der Waals surface area contributed by atoms with E-state index in [1.54, 1.807) is 12.3 Å². The molecule has 1 aromatic carbocycles.